The van der Waals surface area contributed by atoms with Crippen molar-refractivity contribution in [3.05, 3.63) is 76.3 Å². The summed E-state index contributed by atoms with van der Waals surface area (Å²) in [7, 11) is 0. The normalized spacial score (nSPS) is 10.5. The molecule has 0 atom stereocenters. The molecule has 2 aromatic carbocycles. The van der Waals surface area contributed by atoms with E-state index in [4.69, 9.17) is 11.6 Å². The molecule has 116 valence electrons. The first-order valence-corrected chi connectivity index (χ1v) is 9.14. The lowest BCUT2D eigenvalue weighted by Crippen LogP contribution is -2.11. The number of thiazole rings is 1. The van der Waals surface area contributed by atoms with E-state index in [0.29, 0.717) is 15.7 Å². The van der Waals surface area contributed by atoms with Crippen LogP contribution in [0.25, 0.3) is 0 Å². The summed E-state index contributed by atoms with van der Waals surface area (Å²) in [6.07, 6.45) is 0. The summed E-state index contributed by atoms with van der Waals surface area (Å²) < 4.78 is 0. The maximum absolute atomic E-state index is 12.1. The molecule has 0 radical (unpaired) electrons. The van der Waals surface area contributed by atoms with Gasteiger partial charge in [0.15, 0.2) is 5.13 Å². The fraction of sp³-hybridized carbons (Fsp3) is 0.0588. The second-order valence-electron chi connectivity index (χ2n) is 4.71. The highest BCUT2D eigenvalue weighted by Crippen LogP contribution is 2.25. The van der Waals surface area contributed by atoms with Gasteiger partial charge in [-0.2, -0.15) is 0 Å². The summed E-state index contributed by atoms with van der Waals surface area (Å²) in [6.45, 7) is 0. The lowest BCUT2D eigenvalue weighted by Gasteiger charge is -2.01. The molecule has 0 aliphatic carbocycles. The molecule has 0 aliphatic heterocycles. The Balaban J connectivity index is 1.58. The fourth-order valence-corrected chi connectivity index (χ4v) is 3.62. The van der Waals surface area contributed by atoms with Crippen molar-refractivity contribution in [3.63, 3.8) is 0 Å². The van der Waals surface area contributed by atoms with Crippen molar-refractivity contribution >= 4 is 45.7 Å². The van der Waals surface area contributed by atoms with Crippen LogP contribution < -0.4 is 5.32 Å². The van der Waals surface area contributed by atoms with Gasteiger partial charge < -0.3 is 0 Å². The van der Waals surface area contributed by atoms with E-state index in [9.17, 15) is 4.79 Å². The van der Waals surface area contributed by atoms with Crippen LogP contribution in [0.1, 0.15) is 16.1 Å². The molecule has 1 heterocycles. The van der Waals surface area contributed by atoms with E-state index in [1.807, 2.05) is 23.6 Å². The zero-order chi connectivity index (χ0) is 16.1. The minimum Gasteiger partial charge on any atom is -0.298 e. The Bertz CT molecular complexity index is 788. The van der Waals surface area contributed by atoms with E-state index in [1.165, 1.54) is 16.2 Å². The molecule has 0 bridgehead atoms. The summed E-state index contributed by atoms with van der Waals surface area (Å²) in [5.74, 6) is 0.593. The van der Waals surface area contributed by atoms with Crippen LogP contribution >= 0.6 is 34.7 Å². The smallest absolute Gasteiger partial charge is 0.257 e. The Morgan fingerprint density at radius 1 is 1.13 bits per heavy atom. The predicted octanol–water partition coefficient (Wildman–Crippen LogP) is 5.34. The number of rotatable bonds is 5. The third-order valence-corrected chi connectivity index (χ3v) is 5.11. The molecule has 0 spiro atoms. The van der Waals surface area contributed by atoms with Crippen LogP contribution in [-0.2, 0) is 5.75 Å². The maximum Gasteiger partial charge on any atom is 0.257 e. The molecule has 0 unspecified atom stereocenters. The van der Waals surface area contributed by atoms with Crippen LogP contribution in [0.4, 0.5) is 5.13 Å². The summed E-state index contributed by atoms with van der Waals surface area (Å²) in [4.78, 5) is 17.8. The fourth-order valence-electron chi connectivity index (χ4n) is 1.88. The van der Waals surface area contributed by atoms with Crippen LogP contribution in [0.5, 0.6) is 0 Å². The van der Waals surface area contributed by atoms with Gasteiger partial charge in [-0.15, -0.1) is 23.1 Å². The average Bonchev–Trinajstić information content (AvgIpc) is 3.02. The number of anilines is 1. The topological polar surface area (TPSA) is 42.0 Å². The van der Waals surface area contributed by atoms with Crippen molar-refractivity contribution in [2.45, 2.75) is 10.6 Å². The minimum atomic E-state index is -0.182. The van der Waals surface area contributed by atoms with E-state index in [0.717, 1.165) is 11.4 Å². The highest BCUT2D eigenvalue weighted by molar-refractivity contribution is 7.98. The molecule has 23 heavy (non-hydrogen) atoms. The second kappa shape index (κ2) is 7.64. The molecule has 1 amide bonds. The number of hydrogen-bond donors (Lipinski definition) is 1. The minimum absolute atomic E-state index is 0.182. The van der Waals surface area contributed by atoms with Crippen molar-refractivity contribution < 1.29 is 4.79 Å². The summed E-state index contributed by atoms with van der Waals surface area (Å²) in [6, 6.07) is 16.9. The summed E-state index contributed by atoms with van der Waals surface area (Å²) in [5, 5.41) is 5.99. The number of thioether (sulfide) groups is 1. The van der Waals surface area contributed by atoms with Crippen molar-refractivity contribution in [2.24, 2.45) is 0 Å². The average molecular weight is 361 g/mol. The number of nitrogens with one attached hydrogen (secondary N) is 1. The Hall–Kier alpha value is -1.82. The van der Waals surface area contributed by atoms with Crippen LogP contribution in [0.3, 0.4) is 0 Å². The molecule has 0 fully saturated rings. The molecule has 1 N–H and O–H groups in total. The molecule has 6 heteroatoms. The maximum atomic E-state index is 12.1. The lowest BCUT2D eigenvalue weighted by molar-refractivity contribution is 0.102. The Labute approximate surface area is 147 Å². The third-order valence-electron chi connectivity index (χ3n) is 3.01. The van der Waals surface area contributed by atoms with Gasteiger partial charge in [0.1, 0.15) is 0 Å². The summed E-state index contributed by atoms with van der Waals surface area (Å²) in [5.41, 5.74) is 1.51. The van der Waals surface area contributed by atoms with Gasteiger partial charge in [0.25, 0.3) is 5.91 Å². The zero-order valence-electron chi connectivity index (χ0n) is 12.0. The highest BCUT2D eigenvalue weighted by atomic mass is 35.5. The van der Waals surface area contributed by atoms with Crippen LogP contribution in [0.15, 0.2) is 64.9 Å². The number of carbonyl (C=O) groups is 1. The summed E-state index contributed by atoms with van der Waals surface area (Å²) >= 11 is 8.97. The number of aromatic nitrogens is 1. The number of halogens is 1. The van der Waals surface area contributed by atoms with E-state index >= 15 is 0 Å². The third kappa shape index (κ3) is 4.58. The monoisotopic (exact) mass is 360 g/mol. The van der Waals surface area contributed by atoms with Gasteiger partial charge in [-0.3, -0.25) is 10.1 Å². The van der Waals surface area contributed by atoms with Crippen molar-refractivity contribution in [2.75, 3.05) is 5.32 Å². The van der Waals surface area contributed by atoms with E-state index in [-0.39, 0.29) is 5.91 Å². The SMILES string of the molecule is O=C(Nc1nc(CSc2ccccc2)cs1)c1ccc(Cl)cc1. The zero-order valence-corrected chi connectivity index (χ0v) is 14.4. The Morgan fingerprint density at radius 3 is 2.61 bits per heavy atom. The van der Waals surface area contributed by atoms with Crippen LogP contribution in [0.2, 0.25) is 5.02 Å². The number of hydrogen-bond acceptors (Lipinski definition) is 4. The van der Waals surface area contributed by atoms with Gasteiger partial charge in [-0.05, 0) is 36.4 Å². The van der Waals surface area contributed by atoms with Gasteiger partial charge in [0.2, 0.25) is 0 Å². The van der Waals surface area contributed by atoms with Crippen LogP contribution in [0, 0.1) is 0 Å². The van der Waals surface area contributed by atoms with Gasteiger partial charge in [0.05, 0.1) is 5.69 Å². The van der Waals surface area contributed by atoms with E-state index in [1.54, 1.807) is 36.0 Å². The molecule has 0 aliphatic rings. The van der Waals surface area contributed by atoms with E-state index < -0.39 is 0 Å². The molecule has 3 nitrogen and oxygen atoms in total. The van der Waals surface area contributed by atoms with Gasteiger partial charge in [-0.1, -0.05) is 29.8 Å². The van der Waals surface area contributed by atoms with Gasteiger partial charge >= 0.3 is 0 Å². The molecule has 1 aromatic heterocycles. The Kier molecular flexibility index (Phi) is 5.33. The number of amides is 1. The predicted molar refractivity (Wildman–Crippen MR) is 97.5 cm³/mol. The quantitative estimate of drug-likeness (QED) is 0.624. The van der Waals surface area contributed by atoms with Gasteiger partial charge in [-0.25, -0.2) is 4.98 Å². The van der Waals surface area contributed by atoms with Crippen molar-refractivity contribution in [3.8, 4) is 0 Å². The molecular formula is C17H13ClN2OS2. The standard InChI is InChI=1S/C17H13ClN2OS2/c18-13-8-6-12(7-9-13)16(21)20-17-19-14(11-23-17)10-22-15-4-2-1-3-5-15/h1-9,11H,10H2,(H,19,20,21). The highest BCUT2D eigenvalue weighted by Gasteiger charge is 2.09. The first kappa shape index (κ1) is 16.1. The van der Waals surface area contributed by atoms with Crippen molar-refractivity contribution in [1.82, 2.24) is 4.98 Å². The molecule has 0 saturated carbocycles. The number of carbonyl (C=O) groups excluding carboxylic acids is 1. The lowest BCUT2D eigenvalue weighted by atomic mass is 10.2. The molecule has 0 saturated heterocycles. The van der Waals surface area contributed by atoms with Gasteiger partial charge in [0, 0.05) is 26.6 Å². The molecule has 3 rings (SSSR count). The van der Waals surface area contributed by atoms with Crippen LogP contribution in [-0.4, -0.2) is 10.9 Å². The van der Waals surface area contributed by atoms with E-state index in [2.05, 4.69) is 22.4 Å². The largest absolute Gasteiger partial charge is 0.298 e. The van der Waals surface area contributed by atoms with Crippen molar-refractivity contribution in [1.29, 1.82) is 0 Å². The number of benzene rings is 2. The second-order valence-corrected chi connectivity index (χ2v) is 7.05. The first-order chi connectivity index (χ1) is 11.2. The Morgan fingerprint density at radius 2 is 1.87 bits per heavy atom. The molecular weight excluding hydrogens is 348 g/mol. The number of nitrogens with zero attached hydrogens (tertiary/aromatic N) is 1. The first-order valence-electron chi connectivity index (χ1n) is 6.90. The molecule has 3 aromatic rings.